The summed E-state index contributed by atoms with van der Waals surface area (Å²) < 4.78 is 4.95. The molecule has 0 bridgehead atoms. The van der Waals surface area contributed by atoms with Crippen molar-refractivity contribution in [1.82, 2.24) is 5.43 Å². The number of rotatable bonds is 3. The quantitative estimate of drug-likeness (QED) is 0.662. The Morgan fingerprint density at radius 1 is 1.33 bits per heavy atom. The van der Waals surface area contributed by atoms with Crippen molar-refractivity contribution in [2.75, 3.05) is 11.5 Å². The molecular formula is C17H19N3O4. The van der Waals surface area contributed by atoms with E-state index >= 15 is 0 Å². The van der Waals surface area contributed by atoms with E-state index in [-0.39, 0.29) is 12.3 Å². The number of carbonyl (C=O) groups excluding carboxylic acids is 3. The second-order valence-corrected chi connectivity index (χ2v) is 6.21. The number of aryl methyl sites for hydroxylation is 2. The number of hydrogen-bond acceptors (Lipinski definition) is 6. The molecule has 3 rings (SSSR count). The second-order valence-electron chi connectivity index (χ2n) is 6.21. The summed E-state index contributed by atoms with van der Waals surface area (Å²) in [5.74, 6) is -2.56. The zero-order valence-electron chi connectivity index (χ0n) is 14.0. The standard InChI is InChI=1S/C17H19N3O4/c1-5-24-15(22)13-12-14(21)20(16(23)17(12,4)19-18-13)11-7-6-9(2)10(3)8-11/h6-8,12,19H,5H2,1-4H3. The number of imide groups is 1. The fraction of sp³-hybridized carbons (Fsp3) is 0.412. The molecule has 2 heterocycles. The summed E-state index contributed by atoms with van der Waals surface area (Å²) in [7, 11) is 0. The number of benzene rings is 1. The molecule has 2 atom stereocenters. The first kappa shape index (κ1) is 16.2. The van der Waals surface area contributed by atoms with E-state index in [1.807, 2.05) is 19.9 Å². The number of carbonyl (C=O) groups is 3. The van der Waals surface area contributed by atoms with Crippen molar-refractivity contribution in [2.45, 2.75) is 33.2 Å². The summed E-state index contributed by atoms with van der Waals surface area (Å²) >= 11 is 0. The van der Waals surface area contributed by atoms with Gasteiger partial charge in [-0.3, -0.25) is 15.0 Å². The Labute approximate surface area is 139 Å². The lowest BCUT2D eigenvalue weighted by molar-refractivity contribution is -0.136. The van der Waals surface area contributed by atoms with Crippen molar-refractivity contribution >= 4 is 29.2 Å². The number of nitrogens with one attached hydrogen (secondary N) is 1. The van der Waals surface area contributed by atoms with Gasteiger partial charge in [-0.05, 0) is 51.0 Å². The van der Waals surface area contributed by atoms with E-state index in [1.54, 1.807) is 26.0 Å². The van der Waals surface area contributed by atoms with Gasteiger partial charge in [0.05, 0.1) is 12.3 Å². The number of fused-ring (bicyclic) bond motifs is 1. The van der Waals surface area contributed by atoms with Crippen LogP contribution >= 0.6 is 0 Å². The molecule has 2 amide bonds. The maximum absolute atomic E-state index is 12.9. The summed E-state index contributed by atoms with van der Waals surface area (Å²) in [6.07, 6.45) is 0. The largest absolute Gasteiger partial charge is 0.461 e. The molecule has 126 valence electrons. The van der Waals surface area contributed by atoms with E-state index in [9.17, 15) is 14.4 Å². The van der Waals surface area contributed by atoms with Crippen molar-refractivity contribution in [1.29, 1.82) is 0 Å². The van der Waals surface area contributed by atoms with Crippen LogP contribution in [0.3, 0.4) is 0 Å². The predicted octanol–water partition coefficient (Wildman–Crippen LogP) is 1.07. The summed E-state index contributed by atoms with van der Waals surface area (Å²) in [5.41, 5.74) is 3.88. The van der Waals surface area contributed by atoms with Crippen molar-refractivity contribution in [3.05, 3.63) is 29.3 Å². The highest BCUT2D eigenvalue weighted by Gasteiger charge is 2.63. The minimum atomic E-state index is -1.27. The Bertz CT molecular complexity index is 786. The van der Waals surface area contributed by atoms with Crippen molar-refractivity contribution in [3.63, 3.8) is 0 Å². The Morgan fingerprint density at radius 2 is 2.04 bits per heavy atom. The fourth-order valence-electron chi connectivity index (χ4n) is 3.05. The molecule has 24 heavy (non-hydrogen) atoms. The molecule has 1 aromatic carbocycles. The Kier molecular flexibility index (Phi) is 3.66. The fourth-order valence-corrected chi connectivity index (χ4v) is 3.05. The number of hydrogen-bond donors (Lipinski definition) is 1. The highest BCUT2D eigenvalue weighted by molar-refractivity contribution is 6.47. The van der Waals surface area contributed by atoms with Crippen LogP contribution in [0, 0.1) is 19.8 Å². The number of esters is 1. The molecule has 0 aromatic heterocycles. The van der Waals surface area contributed by atoms with Crippen LogP contribution in [0.5, 0.6) is 0 Å². The molecule has 2 aliphatic rings. The molecule has 0 aliphatic carbocycles. The van der Waals surface area contributed by atoms with Crippen LogP contribution in [0.25, 0.3) is 0 Å². The summed E-state index contributed by atoms with van der Waals surface area (Å²) in [4.78, 5) is 38.9. The van der Waals surface area contributed by atoms with E-state index < -0.39 is 29.2 Å². The second kappa shape index (κ2) is 5.43. The molecule has 7 nitrogen and oxygen atoms in total. The van der Waals surface area contributed by atoms with E-state index in [4.69, 9.17) is 4.74 Å². The van der Waals surface area contributed by atoms with Crippen LogP contribution in [0.1, 0.15) is 25.0 Å². The number of anilines is 1. The van der Waals surface area contributed by atoms with E-state index in [1.165, 1.54) is 0 Å². The van der Waals surface area contributed by atoms with Crippen molar-refractivity contribution in [2.24, 2.45) is 11.0 Å². The van der Waals surface area contributed by atoms with Gasteiger partial charge in [0, 0.05) is 0 Å². The smallest absolute Gasteiger partial charge is 0.355 e. The first-order valence-corrected chi connectivity index (χ1v) is 7.78. The zero-order chi connectivity index (χ0) is 17.6. The SMILES string of the molecule is CCOC(=O)C1=NNC2(C)C(=O)N(c3ccc(C)c(C)c3)C(=O)C12. The lowest BCUT2D eigenvalue weighted by atomic mass is 9.86. The normalized spacial score (nSPS) is 25.4. The molecule has 1 fully saturated rings. The first-order valence-electron chi connectivity index (χ1n) is 7.78. The summed E-state index contributed by atoms with van der Waals surface area (Å²) in [5, 5.41) is 3.89. The Hall–Kier alpha value is -2.70. The highest BCUT2D eigenvalue weighted by Crippen LogP contribution is 2.38. The Balaban J connectivity index is 2.00. The van der Waals surface area contributed by atoms with E-state index in [2.05, 4.69) is 10.5 Å². The molecule has 0 radical (unpaired) electrons. The highest BCUT2D eigenvalue weighted by atomic mass is 16.5. The molecule has 1 saturated heterocycles. The molecule has 0 saturated carbocycles. The monoisotopic (exact) mass is 329 g/mol. The molecule has 7 heteroatoms. The third-order valence-corrected chi connectivity index (χ3v) is 4.61. The summed E-state index contributed by atoms with van der Waals surface area (Å²) in [6.45, 7) is 7.29. The van der Waals surface area contributed by atoms with Gasteiger partial charge in [0.1, 0.15) is 11.5 Å². The van der Waals surface area contributed by atoms with Gasteiger partial charge in [0.25, 0.3) is 5.91 Å². The average Bonchev–Trinajstić information content (AvgIpc) is 2.97. The Morgan fingerprint density at radius 3 is 2.67 bits per heavy atom. The molecule has 2 aliphatic heterocycles. The molecule has 0 spiro atoms. The van der Waals surface area contributed by atoms with Gasteiger partial charge in [0.2, 0.25) is 5.91 Å². The number of amides is 2. The minimum Gasteiger partial charge on any atom is -0.461 e. The molecular weight excluding hydrogens is 310 g/mol. The van der Waals surface area contributed by atoms with E-state index in [0.717, 1.165) is 16.0 Å². The minimum absolute atomic E-state index is 0.0518. The van der Waals surface area contributed by atoms with Gasteiger partial charge in [0.15, 0.2) is 5.71 Å². The molecule has 1 N–H and O–H groups in total. The van der Waals surface area contributed by atoms with Gasteiger partial charge < -0.3 is 4.74 Å². The van der Waals surface area contributed by atoms with Gasteiger partial charge >= 0.3 is 5.97 Å². The lowest BCUT2D eigenvalue weighted by Crippen LogP contribution is -2.48. The van der Waals surface area contributed by atoms with Gasteiger partial charge in [-0.2, -0.15) is 5.10 Å². The third kappa shape index (κ3) is 2.11. The number of ether oxygens (including phenoxy) is 1. The van der Waals surface area contributed by atoms with Gasteiger partial charge in [-0.1, -0.05) is 6.07 Å². The van der Waals surface area contributed by atoms with Crippen LogP contribution in [-0.2, 0) is 19.1 Å². The number of nitrogens with zero attached hydrogens (tertiary/aromatic N) is 2. The van der Waals surface area contributed by atoms with Crippen LogP contribution in [0.4, 0.5) is 5.69 Å². The van der Waals surface area contributed by atoms with E-state index in [0.29, 0.717) is 5.69 Å². The molecule has 2 unspecified atom stereocenters. The average molecular weight is 329 g/mol. The van der Waals surface area contributed by atoms with Crippen molar-refractivity contribution < 1.29 is 19.1 Å². The zero-order valence-corrected chi connectivity index (χ0v) is 14.0. The molecule has 1 aromatic rings. The topological polar surface area (TPSA) is 88.1 Å². The third-order valence-electron chi connectivity index (χ3n) is 4.61. The maximum atomic E-state index is 12.9. The summed E-state index contributed by atoms with van der Waals surface area (Å²) in [6, 6.07) is 5.37. The lowest BCUT2D eigenvalue weighted by Gasteiger charge is -2.20. The first-order chi connectivity index (χ1) is 11.3. The van der Waals surface area contributed by atoms with Crippen LogP contribution < -0.4 is 10.3 Å². The predicted molar refractivity (Wildman–Crippen MR) is 87.5 cm³/mol. The van der Waals surface area contributed by atoms with Crippen LogP contribution in [0.2, 0.25) is 0 Å². The van der Waals surface area contributed by atoms with Gasteiger partial charge in [-0.25, -0.2) is 9.69 Å². The van der Waals surface area contributed by atoms with Crippen LogP contribution in [0.15, 0.2) is 23.3 Å². The van der Waals surface area contributed by atoms with Crippen molar-refractivity contribution in [3.8, 4) is 0 Å². The maximum Gasteiger partial charge on any atom is 0.355 e. The van der Waals surface area contributed by atoms with Gasteiger partial charge in [-0.15, -0.1) is 0 Å². The number of hydrazone groups is 1. The van der Waals surface area contributed by atoms with Crippen LogP contribution in [-0.4, -0.2) is 35.6 Å².